The Kier molecular flexibility index (Phi) is 4.80. The first-order valence-electron chi connectivity index (χ1n) is 8.18. The van der Waals surface area contributed by atoms with Gasteiger partial charge in [0, 0.05) is 25.6 Å². The Balaban J connectivity index is 1.85. The lowest BCUT2D eigenvalue weighted by Crippen LogP contribution is -2.27. The van der Waals surface area contributed by atoms with Gasteiger partial charge in [-0.05, 0) is 43.9 Å². The molecule has 24 heavy (non-hydrogen) atoms. The van der Waals surface area contributed by atoms with E-state index in [1.807, 2.05) is 11.9 Å². The normalized spacial score (nSPS) is 17.8. The van der Waals surface area contributed by atoms with Crippen LogP contribution in [-0.2, 0) is 4.74 Å². The highest BCUT2D eigenvalue weighted by atomic mass is 16.5. The van der Waals surface area contributed by atoms with Gasteiger partial charge in [0.15, 0.2) is 0 Å². The third-order valence-electron chi connectivity index (χ3n) is 4.36. The summed E-state index contributed by atoms with van der Waals surface area (Å²) in [7, 11) is 1.93. The molecule has 0 spiro atoms. The summed E-state index contributed by atoms with van der Waals surface area (Å²) < 4.78 is 5.76. The highest BCUT2D eigenvalue weighted by molar-refractivity contribution is 5.97. The molecule has 3 N–H and O–H groups in total. The number of aromatic nitrogens is 2. The molecule has 0 aliphatic carbocycles. The molecule has 1 saturated heterocycles. The van der Waals surface area contributed by atoms with Crippen LogP contribution in [0.3, 0.4) is 0 Å². The van der Waals surface area contributed by atoms with Crippen LogP contribution >= 0.6 is 0 Å². The molecule has 1 aliphatic heterocycles. The number of aromatic carboxylic acids is 1. The van der Waals surface area contributed by atoms with Crippen molar-refractivity contribution < 1.29 is 14.6 Å². The molecule has 0 unspecified atom stereocenters. The number of benzene rings is 1. The van der Waals surface area contributed by atoms with Crippen LogP contribution in [0, 0.1) is 0 Å². The molecule has 1 fully saturated rings. The Morgan fingerprint density at radius 2 is 2.25 bits per heavy atom. The number of rotatable bonds is 5. The quantitative estimate of drug-likeness (QED) is 0.867. The van der Waals surface area contributed by atoms with E-state index in [0.29, 0.717) is 16.7 Å². The van der Waals surface area contributed by atoms with Gasteiger partial charge in [-0.3, -0.25) is 0 Å². The number of nitrogens with two attached hydrogens (primary N) is 1. The van der Waals surface area contributed by atoms with Crippen LogP contribution < -0.4 is 10.6 Å². The first-order valence-corrected chi connectivity index (χ1v) is 8.18. The predicted octanol–water partition coefficient (Wildman–Crippen LogP) is 2.31. The number of nitrogens with zero attached hydrogens (tertiary/aromatic N) is 3. The molecule has 3 rings (SSSR count). The van der Waals surface area contributed by atoms with Gasteiger partial charge in [-0.2, -0.15) is 4.98 Å². The largest absolute Gasteiger partial charge is 0.478 e. The second-order valence-corrected chi connectivity index (χ2v) is 6.14. The summed E-state index contributed by atoms with van der Waals surface area (Å²) in [6.45, 7) is 1.59. The Hall–Kier alpha value is -2.41. The minimum absolute atomic E-state index is 0.182. The molecule has 0 radical (unpaired) electrons. The number of carbonyl (C=O) groups is 1. The van der Waals surface area contributed by atoms with Crippen LogP contribution in [0.4, 0.5) is 11.8 Å². The lowest BCUT2D eigenvalue weighted by Gasteiger charge is -2.26. The number of ether oxygens (including phenoxy) is 1. The smallest absolute Gasteiger partial charge is 0.335 e. The van der Waals surface area contributed by atoms with E-state index in [0.717, 1.165) is 32.4 Å². The zero-order valence-corrected chi connectivity index (χ0v) is 13.7. The number of carboxylic acids is 1. The van der Waals surface area contributed by atoms with Crippen molar-refractivity contribution in [2.75, 3.05) is 30.8 Å². The fourth-order valence-electron chi connectivity index (χ4n) is 3.03. The molecule has 0 bridgehead atoms. The zero-order valence-electron chi connectivity index (χ0n) is 13.7. The zero-order chi connectivity index (χ0) is 17.1. The maximum absolute atomic E-state index is 11.2. The number of fused-ring (bicyclic) bond motifs is 1. The summed E-state index contributed by atoms with van der Waals surface area (Å²) in [5.41, 5.74) is 6.66. The number of carboxylic acid groups (broad SMARTS) is 1. The van der Waals surface area contributed by atoms with Crippen LogP contribution in [0.25, 0.3) is 10.9 Å². The molecular formula is C17H22N4O3. The van der Waals surface area contributed by atoms with Crippen LogP contribution in [0.15, 0.2) is 18.2 Å². The fraction of sp³-hybridized carbons (Fsp3) is 0.471. The van der Waals surface area contributed by atoms with E-state index < -0.39 is 5.97 Å². The molecule has 0 amide bonds. The first-order chi connectivity index (χ1) is 11.5. The fourth-order valence-corrected chi connectivity index (χ4v) is 3.03. The minimum Gasteiger partial charge on any atom is -0.478 e. The predicted molar refractivity (Wildman–Crippen MR) is 92.4 cm³/mol. The lowest BCUT2D eigenvalue weighted by atomic mass is 10.1. The van der Waals surface area contributed by atoms with Crippen molar-refractivity contribution in [2.24, 2.45) is 0 Å². The summed E-state index contributed by atoms with van der Waals surface area (Å²) in [6.07, 6.45) is 4.61. The van der Waals surface area contributed by atoms with E-state index in [4.69, 9.17) is 10.5 Å². The van der Waals surface area contributed by atoms with E-state index in [2.05, 4.69) is 9.97 Å². The molecular weight excluding hydrogens is 308 g/mol. The van der Waals surface area contributed by atoms with Crippen LogP contribution in [0.5, 0.6) is 0 Å². The molecule has 7 nitrogen and oxygen atoms in total. The average Bonchev–Trinajstić information content (AvgIpc) is 2.59. The second kappa shape index (κ2) is 7.00. The average molecular weight is 330 g/mol. The summed E-state index contributed by atoms with van der Waals surface area (Å²) in [6, 6.07) is 4.79. The van der Waals surface area contributed by atoms with E-state index in [-0.39, 0.29) is 17.6 Å². The number of anilines is 2. The summed E-state index contributed by atoms with van der Waals surface area (Å²) in [4.78, 5) is 21.7. The van der Waals surface area contributed by atoms with Gasteiger partial charge in [-0.15, -0.1) is 0 Å². The number of hydrogen-bond acceptors (Lipinski definition) is 6. The van der Waals surface area contributed by atoms with Crippen molar-refractivity contribution in [1.82, 2.24) is 9.97 Å². The summed E-state index contributed by atoms with van der Waals surface area (Å²) in [5, 5.41) is 9.90. The number of hydrogen-bond donors (Lipinski definition) is 2. The molecule has 1 aromatic heterocycles. The summed E-state index contributed by atoms with van der Waals surface area (Å²) in [5.74, 6) is -0.143. The van der Waals surface area contributed by atoms with Crippen molar-refractivity contribution in [2.45, 2.75) is 31.8 Å². The SMILES string of the molecule is CN(CC[C@@H]1CCCCO1)c1nc(N)nc2ccc(C(=O)O)cc12. The molecule has 1 atom stereocenters. The maximum Gasteiger partial charge on any atom is 0.335 e. The van der Waals surface area contributed by atoms with Crippen LogP contribution in [0.1, 0.15) is 36.0 Å². The van der Waals surface area contributed by atoms with Crippen molar-refractivity contribution in [3.05, 3.63) is 23.8 Å². The van der Waals surface area contributed by atoms with Gasteiger partial charge in [-0.25, -0.2) is 9.78 Å². The first kappa shape index (κ1) is 16.4. The standard InChI is InChI=1S/C17H22N4O3/c1-21(8-7-12-4-2-3-9-24-12)15-13-10-11(16(22)23)5-6-14(13)19-17(18)20-15/h5-6,10,12H,2-4,7-9H2,1H3,(H,22,23)(H2,18,19,20)/t12-/m0/s1. The van der Waals surface area contributed by atoms with Gasteiger partial charge in [-0.1, -0.05) is 0 Å². The van der Waals surface area contributed by atoms with Crippen LogP contribution in [-0.4, -0.2) is 47.3 Å². The molecule has 1 aromatic carbocycles. The molecule has 0 saturated carbocycles. The lowest BCUT2D eigenvalue weighted by molar-refractivity contribution is 0.0127. The van der Waals surface area contributed by atoms with Crippen molar-refractivity contribution in [1.29, 1.82) is 0 Å². The highest BCUT2D eigenvalue weighted by Gasteiger charge is 2.17. The van der Waals surface area contributed by atoms with Gasteiger partial charge >= 0.3 is 5.97 Å². The molecule has 7 heteroatoms. The van der Waals surface area contributed by atoms with E-state index in [1.165, 1.54) is 12.5 Å². The van der Waals surface area contributed by atoms with E-state index in [9.17, 15) is 9.90 Å². The molecule has 1 aliphatic rings. The highest BCUT2D eigenvalue weighted by Crippen LogP contribution is 2.26. The van der Waals surface area contributed by atoms with Crippen molar-refractivity contribution >= 4 is 28.6 Å². The Bertz CT molecular complexity index is 744. The van der Waals surface area contributed by atoms with Gasteiger partial charge in [0.25, 0.3) is 0 Å². The third kappa shape index (κ3) is 3.56. The Labute approximate surface area is 140 Å². The van der Waals surface area contributed by atoms with Gasteiger partial charge < -0.3 is 20.5 Å². The monoisotopic (exact) mass is 330 g/mol. The molecule has 128 valence electrons. The Morgan fingerprint density at radius 3 is 2.96 bits per heavy atom. The van der Waals surface area contributed by atoms with E-state index in [1.54, 1.807) is 12.1 Å². The van der Waals surface area contributed by atoms with E-state index >= 15 is 0 Å². The van der Waals surface area contributed by atoms with Gasteiger partial charge in [0.05, 0.1) is 17.2 Å². The minimum atomic E-state index is -0.974. The topological polar surface area (TPSA) is 102 Å². The molecule has 2 heterocycles. The maximum atomic E-state index is 11.2. The molecule has 2 aromatic rings. The van der Waals surface area contributed by atoms with Gasteiger partial charge in [0.2, 0.25) is 5.95 Å². The van der Waals surface area contributed by atoms with Crippen LogP contribution in [0.2, 0.25) is 0 Å². The van der Waals surface area contributed by atoms with Crippen molar-refractivity contribution in [3.8, 4) is 0 Å². The number of nitrogen functional groups attached to an aromatic ring is 1. The second-order valence-electron chi connectivity index (χ2n) is 6.14. The van der Waals surface area contributed by atoms with Crippen molar-refractivity contribution in [3.63, 3.8) is 0 Å². The van der Waals surface area contributed by atoms with Gasteiger partial charge in [0.1, 0.15) is 5.82 Å². The summed E-state index contributed by atoms with van der Waals surface area (Å²) >= 11 is 0. The Morgan fingerprint density at radius 1 is 1.42 bits per heavy atom. The third-order valence-corrected chi connectivity index (χ3v) is 4.36.